The summed E-state index contributed by atoms with van der Waals surface area (Å²) in [6, 6.07) is 6.62. The third-order valence-electron chi connectivity index (χ3n) is 4.12. The lowest BCUT2D eigenvalue weighted by Crippen LogP contribution is -2.41. The molecule has 0 spiro atoms. The molecule has 1 aromatic rings. The largest absolute Gasteiger partial charge is 0.383 e. The molecule has 0 aliphatic carbocycles. The van der Waals surface area contributed by atoms with Crippen molar-refractivity contribution in [1.29, 1.82) is 0 Å². The van der Waals surface area contributed by atoms with E-state index >= 15 is 0 Å². The van der Waals surface area contributed by atoms with Gasteiger partial charge in [0.2, 0.25) is 0 Å². The topological polar surface area (TPSA) is 38.5 Å². The van der Waals surface area contributed by atoms with Crippen molar-refractivity contribution in [3.63, 3.8) is 0 Å². The molecule has 1 fully saturated rings. The summed E-state index contributed by atoms with van der Waals surface area (Å²) in [4.78, 5) is 2.27. The quantitative estimate of drug-likeness (QED) is 0.907. The van der Waals surface area contributed by atoms with Crippen LogP contribution in [0.5, 0.6) is 0 Å². The number of rotatable bonds is 5. The molecule has 1 heterocycles. The average Bonchev–Trinajstić information content (AvgIpc) is 2.66. The molecule has 2 rings (SSSR count). The van der Waals surface area contributed by atoms with Gasteiger partial charge in [-0.05, 0) is 31.0 Å². The maximum atomic E-state index is 12.9. The van der Waals surface area contributed by atoms with Crippen LogP contribution in [0.1, 0.15) is 42.9 Å². The summed E-state index contributed by atoms with van der Waals surface area (Å²) in [6.07, 6.45) is 0.643. The van der Waals surface area contributed by atoms with Crippen molar-refractivity contribution in [3.8, 4) is 0 Å². The summed E-state index contributed by atoms with van der Waals surface area (Å²) < 4.78 is 31.0. The van der Waals surface area contributed by atoms with Gasteiger partial charge in [0.25, 0.3) is 6.43 Å². The van der Waals surface area contributed by atoms with Gasteiger partial charge in [-0.2, -0.15) is 0 Å². The fourth-order valence-corrected chi connectivity index (χ4v) is 3.06. The first-order valence-corrected chi connectivity index (χ1v) is 7.50. The molecule has 0 amide bonds. The van der Waals surface area contributed by atoms with Gasteiger partial charge in [0, 0.05) is 31.3 Å². The predicted molar refractivity (Wildman–Crippen MR) is 79.4 cm³/mol. The number of nitrogens with two attached hydrogens (primary N) is 1. The standard InChI is InChI=1S/C16H24F2N2O/c1-21-10-9-20-8-3-2-7-14(19)15(20)12-5-4-6-13(11-12)16(17)18/h4-6,11,14-16H,2-3,7-10,19H2,1H3. The molecule has 1 saturated heterocycles. The molecule has 0 saturated carbocycles. The van der Waals surface area contributed by atoms with Crippen LogP contribution in [0.25, 0.3) is 0 Å². The molecule has 21 heavy (non-hydrogen) atoms. The molecule has 5 heteroatoms. The molecule has 2 N–H and O–H groups in total. The Morgan fingerprint density at radius 1 is 1.38 bits per heavy atom. The molecule has 1 aliphatic heterocycles. The van der Waals surface area contributed by atoms with Gasteiger partial charge in [0.1, 0.15) is 0 Å². The van der Waals surface area contributed by atoms with E-state index in [2.05, 4.69) is 4.90 Å². The van der Waals surface area contributed by atoms with Crippen molar-refractivity contribution >= 4 is 0 Å². The van der Waals surface area contributed by atoms with Crippen LogP contribution in [0.2, 0.25) is 0 Å². The maximum absolute atomic E-state index is 12.9. The van der Waals surface area contributed by atoms with Crippen LogP contribution in [-0.2, 0) is 4.74 Å². The molecule has 0 bridgehead atoms. The van der Waals surface area contributed by atoms with Gasteiger partial charge < -0.3 is 10.5 Å². The van der Waals surface area contributed by atoms with Crippen LogP contribution in [0.4, 0.5) is 8.78 Å². The molecule has 1 aromatic carbocycles. The predicted octanol–water partition coefficient (Wildman–Crippen LogP) is 3.12. The maximum Gasteiger partial charge on any atom is 0.263 e. The SMILES string of the molecule is COCCN1CCCCC(N)C1c1cccc(C(F)F)c1. The van der Waals surface area contributed by atoms with Crippen molar-refractivity contribution in [2.45, 2.75) is 37.8 Å². The Labute approximate surface area is 125 Å². The number of likely N-dealkylation sites (tertiary alicyclic amines) is 1. The summed E-state index contributed by atoms with van der Waals surface area (Å²) in [5.74, 6) is 0. The molecule has 3 nitrogen and oxygen atoms in total. The van der Waals surface area contributed by atoms with Gasteiger partial charge in [-0.15, -0.1) is 0 Å². The Morgan fingerprint density at radius 2 is 2.19 bits per heavy atom. The molecular formula is C16H24F2N2O. The third-order valence-corrected chi connectivity index (χ3v) is 4.12. The minimum absolute atomic E-state index is 0.0126. The van der Waals surface area contributed by atoms with Gasteiger partial charge in [-0.25, -0.2) is 8.78 Å². The number of methoxy groups -OCH3 is 1. The van der Waals surface area contributed by atoms with Crippen LogP contribution in [0.3, 0.4) is 0 Å². The second-order valence-corrected chi connectivity index (χ2v) is 5.60. The average molecular weight is 298 g/mol. The van der Waals surface area contributed by atoms with Crippen LogP contribution in [0.15, 0.2) is 24.3 Å². The van der Waals surface area contributed by atoms with Crippen molar-refractivity contribution in [2.75, 3.05) is 26.8 Å². The number of halogens is 2. The first kappa shape index (κ1) is 16.3. The molecule has 118 valence electrons. The van der Waals surface area contributed by atoms with E-state index in [1.54, 1.807) is 19.2 Å². The van der Waals surface area contributed by atoms with E-state index in [1.807, 2.05) is 6.07 Å². The highest BCUT2D eigenvalue weighted by atomic mass is 19.3. The summed E-state index contributed by atoms with van der Waals surface area (Å²) in [5.41, 5.74) is 7.28. The molecule has 0 aromatic heterocycles. The zero-order valence-electron chi connectivity index (χ0n) is 12.5. The van der Waals surface area contributed by atoms with E-state index in [9.17, 15) is 8.78 Å². The molecule has 2 atom stereocenters. The number of nitrogens with zero attached hydrogens (tertiary/aromatic N) is 1. The van der Waals surface area contributed by atoms with Gasteiger partial charge in [-0.3, -0.25) is 4.90 Å². The molecule has 1 aliphatic rings. The zero-order chi connectivity index (χ0) is 15.2. The lowest BCUT2D eigenvalue weighted by Gasteiger charge is -2.34. The summed E-state index contributed by atoms with van der Waals surface area (Å²) in [5, 5.41) is 0. The van der Waals surface area contributed by atoms with Gasteiger partial charge >= 0.3 is 0 Å². The van der Waals surface area contributed by atoms with E-state index < -0.39 is 6.43 Å². The van der Waals surface area contributed by atoms with E-state index in [0.29, 0.717) is 6.61 Å². The van der Waals surface area contributed by atoms with Crippen molar-refractivity contribution < 1.29 is 13.5 Å². The first-order valence-electron chi connectivity index (χ1n) is 7.50. The monoisotopic (exact) mass is 298 g/mol. The van der Waals surface area contributed by atoms with Crippen molar-refractivity contribution in [1.82, 2.24) is 4.90 Å². The van der Waals surface area contributed by atoms with Gasteiger partial charge in [0.05, 0.1) is 6.61 Å². The Balaban J connectivity index is 2.27. The Morgan fingerprint density at radius 3 is 2.90 bits per heavy atom. The van der Waals surface area contributed by atoms with E-state index in [1.165, 1.54) is 6.07 Å². The van der Waals surface area contributed by atoms with Crippen molar-refractivity contribution in [3.05, 3.63) is 35.4 Å². The fourth-order valence-electron chi connectivity index (χ4n) is 3.06. The number of hydrogen-bond acceptors (Lipinski definition) is 3. The fraction of sp³-hybridized carbons (Fsp3) is 0.625. The second-order valence-electron chi connectivity index (χ2n) is 5.60. The number of hydrogen-bond donors (Lipinski definition) is 1. The van der Waals surface area contributed by atoms with E-state index in [4.69, 9.17) is 10.5 Å². The van der Waals surface area contributed by atoms with Crippen LogP contribution >= 0.6 is 0 Å². The highest BCUT2D eigenvalue weighted by Gasteiger charge is 2.29. The van der Waals surface area contributed by atoms with E-state index in [-0.39, 0.29) is 17.6 Å². The Bertz CT molecular complexity index is 442. The number of benzene rings is 1. The molecule has 0 radical (unpaired) electrons. The normalized spacial score (nSPS) is 24.2. The summed E-state index contributed by atoms with van der Waals surface area (Å²) in [7, 11) is 1.67. The summed E-state index contributed by atoms with van der Waals surface area (Å²) >= 11 is 0. The Hall–Kier alpha value is -1.04. The minimum atomic E-state index is -2.45. The number of ether oxygens (including phenoxy) is 1. The lowest BCUT2D eigenvalue weighted by molar-refractivity contribution is 0.114. The van der Waals surface area contributed by atoms with Gasteiger partial charge in [0.15, 0.2) is 0 Å². The molecule has 2 unspecified atom stereocenters. The first-order chi connectivity index (χ1) is 10.1. The van der Waals surface area contributed by atoms with E-state index in [0.717, 1.165) is 37.9 Å². The van der Waals surface area contributed by atoms with Crippen LogP contribution in [-0.4, -0.2) is 37.7 Å². The third kappa shape index (κ3) is 4.22. The highest BCUT2D eigenvalue weighted by Crippen LogP contribution is 2.31. The summed E-state index contributed by atoms with van der Waals surface area (Å²) in [6.45, 7) is 2.33. The van der Waals surface area contributed by atoms with Crippen LogP contribution in [0, 0.1) is 0 Å². The van der Waals surface area contributed by atoms with Crippen LogP contribution < -0.4 is 5.73 Å². The number of alkyl halides is 2. The highest BCUT2D eigenvalue weighted by molar-refractivity contribution is 5.28. The zero-order valence-corrected chi connectivity index (χ0v) is 12.5. The lowest BCUT2D eigenvalue weighted by atomic mass is 9.95. The molecular weight excluding hydrogens is 274 g/mol. The minimum Gasteiger partial charge on any atom is -0.383 e. The van der Waals surface area contributed by atoms with Gasteiger partial charge in [-0.1, -0.05) is 24.6 Å². The second kappa shape index (κ2) is 7.82. The smallest absolute Gasteiger partial charge is 0.263 e. The Kier molecular flexibility index (Phi) is 6.08. The van der Waals surface area contributed by atoms with Crippen molar-refractivity contribution in [2.24, 2.45) is 5.73 Å².